The molecule has 2 aromatic carbocycles. The van der Waals surface area contributed by atoms with Gasteiger partial charge in [0.05, 0.1) is 38.2 Å². The van der Waals surface area contributed by atoms with Crippen LogP contribution >= 0.6 is 0 Å². The number of halogens is 3. The van der Waals surface area contributed by atoms with Gasteiger partial charge in [0, 0.05) is 11.8 Å². The van der Waals surface area contributed by atoms with E-state index < -0.39 is 79.3 Å². The van der Waals surface area contributed by atoms with Gasteiger partial charge in [-0.1, -0.05) is 12.1 Å². The zero-order valence-corrected chi connectivity index (χ0v) is 23.0. The van der Waals surface area contributed by atoms with Crippen molar-refractivity contribution in [2.24, 2.45) is 0 Å². The molecule has 0 aliphatic rings. The highest BCUT2D eigenvalue weighted by Crippen LogP contribution is 2.30. The molecule has 12 nitrogen and oxygen atoms in total. The summed E-state index contributed by atoms with van der Waals surface area (Å²) in [6, 6.07) is 9.86. The van der Waals surface area contributed by atoms with Crippen LogP contribution in [0, 0.1) is 6.92 Å². The number of para-hydroxylation sites is 2. The maximum Gasteiger partial charge on any atom is 0.422 e. The third-order valence-corrected chi connectivity index (χ3v) is 8.72. The minimum Gasteiger partial charge on any atom is -0.484 e. The average Bonchev–Trinajstić information content (AvgIpc) is 3.32. The molecule has 0 radical (unpaired) electrons. The fourth-order valence-corrected chi connectivity index (χ4v) is 6.85. The number of aromatic nitrogens is 3. The third-order valence-electron chi connectivity index (χ3n) is 5.68. The number of benzene rings is 2. The van der Waals surface area contributed by atoms with Gasteiger partial charge in [-0.25, -0.2) is 27.0 Å². The number of alkyl halides is 3. The van der Waals surface area contributed by atoms with E-state index in [4.69, 9.17) is 14.6 Å². The lowest BCUT2D eigenvalue weighted by atomic mass is 10.2. The van der Waals surface area contributed by atoms with Gasteiger partial charge in [-0.3, -0.25) is 9.19 Å². The largest absolute Gasteiger partial charge is 0.484 e. The number of carbonyl (C=O) groups is 2. The zero-order chi connectivity index (χ0) is 30.8. The Balaban J connectivity index is 1.77. The quantitative estimate of drug-likeness (QED) is 0.249. The first-order chi connectivity index (χ1) is 19.7. The molecule has 0 aliphatic heterocycles. The Morgan fingerprint density at radius 1 is 1.05 bits per heavy atom. The number of carboxylic acid groups (broad SMARTS) is 2. The molecule has 0 spiro atoms. The van der Waals surface area contributed by atoms with Crippen molar-refractivity contribution >= 4 is 43.8 Å². The van der Waals surface area contributed by atoms with E-state index in [1.54, 1.807) is 6.07 Å². The van der Waals surface area contributed by atoms with Crippen molar-refractivity contribution in [3.8, 4) is 11.5 Å². The van der Waals surface area contributed by atoms with E-state index in [0.29, 0.717) is 3.97 Å². The summed E-state index contributed by atoms with van der Waals surface area (Å²) in [5.74, 6) is -3.97. The molecule has 0 amide bonds. The van der Waals surface area contributed by atoms with Gasteiger partial charge in [0.1, 0.15) is 17.1 Å². The van der Waals surface area contributed by atoms with Gasteiger partial charge in [-0.2, -0.15) is 13.2 Å². The number of hydrogen-bond donors (Lipinski definition) is 2. The maximum atomic E-state index is 13.9. The lowest BCUT2D eigenvalue weighted by molar-refractivity contribution is -0.153. The summed E-state index contributed by atoms with van der Waals surface area (Å²) < 4.78 is 89.7. The SMILES string of the molecule is Cc1c(OCC(F)(F)F)ccnc1CS(=O)c1nc2ccccc2n1S(=O)(=O)c1ccc(OCC(=O)O)c(C(=O)O)c1. The molecule has 2 N–H and O–H groups in total. The van der Waals surface area contributed by atoms with E-state index in [1.165, 1.54) is 31.2 Å². The van der Waals surface area contributed by atoms with Crippen LogP contribution in [0.4, 0.5) is 13.2 Å². The molecular weight excluding hydrogens is 607 g/mol. The summed E-state index contributed by atoms with van der Waals surface area (Å²) in [6.07, 6.45) is -3.44. The van der Waals surface area contributed by atoms with E-state index in [2.05, 4.69) is 9.97 Å². The van der Waals surface area contributed by atoms with E-state index in [9.17, 15) is 40.5 Å². The standard InChI is InChI=1S/C25H20F3N3O9S2/c1-14-18(29-9-8-20(14)40-13-25(26,27)28)12-41(36)24-30-17-4-2-3-5-19(17)31(24)42(37,38)15-6-7-21(39-11-22(32)33)16(10-15)23(34)35/h2-10H,11-13H2,1H3,(H,32,33)(H,34,35). The van der Waals surface area contributed by atoms with Crippen LogP contribution in [-0.2, 0) is 31.4 Å². The Hall–Kier alpha value is -4.51. The first kappa shape index (κ1) is 30.4. The number of rotatable bonds is 11. The van der Waals surface area contributed by atoms with Gasteiger partial charge in [0.25, 0.3) is 10.0 Å². The Labute approximate surface area is 237 Å². The smallest absolute Gasteiger partial charge is 0.422 e. The molecular formula is C25H20F3N3O9S2. The van der Waals surface area contributed by atoms with Crippen molar-refractivity contribution in [1.82, 2.24) is 13.9 Å². The molecule has 42 heavy (non-hydrogen) atoms. The number of aromatic carboxylic acids is 1. The highest BCUT2D eigenvalue weighted by Gasteiger charge is 2.31. The molecule has 2 aromatic heterocycles. The van der Waals surface area contributed by atoms with Crippen molar-refractivity contribution in [3.63, 3.8) is 0 Å². The molecule has 0 fully saturated rings. The Kier molecular flexibility index (Phi) is 8.53. The second kappa shape index (κ2) is 11.8. The number of fused-ring (bicyclic) bond motifs is 1. The van der Waals surface area contributed by atoms with Crippen molar-refractivity contribution in [1.29, 1.82) is 0 Å². The van der Waals surface area contributed by atoms with Crippen molar-refractivity contribution < 1.29 is 55.1 Å². The number of pyridine rings is 1. The number of ether oxygens (including phenoxy) is 2. The zero-order valence-electron chi connectivity index (χ0n) is 21.4. The van der Waals surface area contributed by atoms with E-state index in [-0.39, 0.29) is 28.0 Å². The molecule has 4 rings (SSSR count). The van der Waals surface area contributed by atoms with E-state index in [1.807, 2.05) is 0 Å². The van der Waals surface area contributed by atoms with Crippen LogP contribution < -0.4 is 9.47 Å². The Bertz CT molecular complexity index is 1820. The summed E-state index contributed by atoms with van der Waals surface area (Å²) in [6.45, 7) is -1.03. The third kappa shape index (κ3) is 6.52. The van der Waals surface area contributed by atoms with Gasteiger partial charge in [-0.15, -0.1) is 0 Å². The molecule has 0 saturated heterocycles. The predicted octanol–water partition coefficient (Wildman–Crippen LogP) is 3.39. The Morgan fingerprint density at radius 2 is 1.76 bits per heavy atom. The average molecular weight is 628 g/mol. The van der Waals surface area contributed by atoms with Crippen LogP contribution in [0.1, 0.15) is 21.6 Å². The fourth-order valence-electron chi connectivity index (χ4n) is 3.77. The summed E-state index contributed by atoms with van der Waals surface area (Å²) >= 11 is 0. The van der Waals surface area contributed by atoms with E-state index >= 15 is 0 Å². The normalized spacial score (nSPS) is 12.7. The van der Waals surface area contributed by atoms with Crippen LogP contribution in [0.15, 0.2) is 64.8 Å². The lowest BCUT2D eigenvalue weighted by Crippen LogP contribution is -2.20. The maximum absolute atomic E-state index is 13.9. The minimum atomic E-state index is -4.68. The van der Waals surface area contributed by atoms with Crippen LogP contribution in [0.2, 0.25) is 0 Å². The number of aliphatic carboxylic acids is 1. The van der Waals surface area contributed by atoms with Crippen LogP contribution in [-0.4, -0.2) is 68.1 Å². The summed E-state index contributed by atoms with van der Waals surface area (Å²) in [5, 5.41) is 18.0. The van der Waals surface area contributed by atoms with Crippen LogP contribution in [0.3, 0.4) is 0 Å². The molecule has 1 unspecified atom stereocenters. The second-order valence-corrected chi connectivity index (χ2v) is 11.7. The molecule has 0 bridgehead atoms. The molecule has 0 aliphatic carbocycles. The molecule has 222 valence electrons. The van der Waals surface area contributed by atoms with Crippen molar-refractivity contribution in [2.45, 2.75) is 28.9 Å². The fraction of sp³-hybridized carbons (Fsp3) is 0.200. The highest BCUT2D eigenvalue weighted by molar-refractivity contribution is 7.91. The number of imidazole rings is 1. The van der Waals surface area contributed by atoms with Crippen LogP contribution in [0.5, 0.6) is 11.5 Å². The molecule has 1 atom stereocenters. The molecule has 2 heterocycles. The van der Waals surface area contributed by atoms with Gasteiger partial charge in [0.15, 0.2) is 13.2 Å². The number of carboxylic acids is 2. The van der Waals surface area contributed by atoms with Crippen molar-refractivity contribution in [3.05, 3.63) is 71.5 Å². The molecule has 0 saturated carbocycles. The molecule has 4 aromatic rings. The summed E-state index contributed by atoms with van der Waals surface area (Å²) in [7, 11) is -6.92. The lowest BCUT2D eigenvalue weighted by Gasteiger charge is -2.14. The highest BCUT2D eigenvalue weighted by atomic mass is 32.2. The minimum absolute atomic E-state index is 0.0101. The topological polar surface area (TPSA) is 175 Å². The predicted molar refractivity (Wildman–Crippen MR) is 139 cm³/mol. The second-order valence-electron chi connectivity index (χ2n) is 8.57. The van der Waals surface area contributed by atoms with Gasteiger partial charge in [0.2, 0.25) is 5.16 Å². The summed E-state index contributed by atoms with van der Waals surface area (Å²) in [4.78, 5) is 30.4. The van der Waals surface area contributed by atoms with E-state index in [0.717, 1.165) is 24.4 Å². The number of nitrogens with zero attached hydrogens (tertiary/aromatic N) is 3. The first-order valence-electron chi connectivity index (χ1n) is 11.7. The van der Waals surface area contributed by atoms with Gasteiger partial charge in [-0.05, 0) is 43.3 Å². The first-order valence-corrected chi connectivity index (χ1v) is 14.4. The van der Waals surface area contributed by atoms with Crippen molar-refractivity contribution in [2.75, 3.05) is 13.2 Å². The molecule has 17 heteroatoms. The van der Waals surface area contributed by atoms with Gasteiger partial charge >= 0.3 is 18.1 Å². The van der Waals surface area contributed by atoms with Crippen LogP contribution in [0.25, 0.3) is 11.0 Å². The monoisotopic (exact) mass is 627 g/mol. The Morgan fingerprint density at radius 3 is 2.43 bits per heavy atom. The van der Waals surface area contributed by atoms with Gasteiger partial charge < -0.3 is 19.7 Å². The summed E-state index contributed by atoms with van der Waals surface area (Å²) in [5.41, 5.74) is -0.271. The number of hydrogen-bond acceptors (Lipinski definition) is 9.